The molecule has 2 aromatic carbocycles. The molecule has 0 radical (unpaired) electrons. The van der Waals surface area contributed by atoms with Crippen LogP contribution in [0.4, 0.5) is 11.4 Å². The first-order valence-electron chi connectivity index (χ1n) is 8.15. The fraction of sp³-hybridized carbons (Fsp3) is 0.250. The monoisotopic (exact) mass is 333 g/mol. The van der Waals surface area contributed by atoms with Crippen LogP contribution >= 0.6 is 0 Å². The van der Waals surface area contributed by atoms with Crippen LogP contribution in [0.3, 0.4) is 0 Å². The molecular formula is C20H19N3O2. The fourth-order valence-electron chi connectivity index (χ4n) is 2.73. The number of para-hydroxylation sites is 1. The number of anilines is 2. The van der Waals surface area contributed by atoms with Gasteiger partial charge in [-0.25, -0.2) is 0 Å². The van der Waals surface area contributed by atoms with Gasteiger partial charge in [0.2, 0.25) is 11.8 Å². The van der Waals surface area contributed by atoms with E-state index in [1.165, 1.54) is 0 Å². The maximum Gasteiger partial charge on any atom is 0.240 e. The summed E-state index contributed by atoms with van der Waals surface area (Å²) in [4.78, 5) is 25.4. The van der Waals surface area contributed by atoms with Gasteiger partial charge in [0, 0.05) is 5.69 Å². The molecule has 0 spiro atoms. The molecule has 5 nitrogen and oxygen atoms in total. The summed E-state index contributed by atoms with van der Waals surface area (Å²) in [5, 5.41) is 14.7. The third-order valence-corrected chi connectivity index (χ3v) is 4.56. The minimum Gasteiger partial charge on any atom is -0.325 e. The van der Waals surface area contributed by atoms with Crippen molar-refractivity contribution < 1.29 is 9.59 Å². The number of aryl methyl sites for hydroxylation is 2. The summed E-state index contributed by atoms with van der Waals surface area (Å²) >= 11 is 0. The molecule has 2 N–H and O–H groups in total. The summed E-state index contributed by atoms with van der Waals surface area (Å²) in [7, 11) is 0. The average molecular weight is 333 g/mol. The highest BCUT2D eigenvalue weighted by Crippen LogP contribution is 2.47. The van der Waals surface area contributed by atoms with Gasteiger partial charge in [0.1, 0.15) is 11.5 Å². The molecule has 2 amide bonds. The molecule has 1 saturated carbocycles. The van der Waals surface area contributed by atoms with Gasteiger partial charge < -0.3 is 10.6 Å². The number of nitriles is 1. The quantitative estimate of drug-likeness (QED) is 0.840. The van der Waals surface area contributed by atoms with Crippen LogP contribution in [-0.4, -0.2) is 11.8 Å². The minimum absolute atomic E-state index is 0.298. The zero-order valence-electron chi connectivity index (χ0n) is 14.2. The lowest BCUT2D eigenvalue weighted by Gasteiger charge is -2.17. The largest absolute Gasteiger partial charge is 0.325 e. The highest BCUT2D eigenvalue weighted by Gasteiger charge is 2.56. The Morgan fingerprint density at radius 1 is 1.00 bits per heavy atom. The van der Waals surface area contributed by atoms with E-state index < -0.39 is 5.41 Å². The van der Waals surface area contributed by atoms with E-state index in [-0.39, 0.29) is 11.8 Å². The summed E-state index contributed by atoms with van der Waals surface area (Å²) in [5.41, 5.74) is 2.46. The van der Waals surface area contributed by atoms with E-state index in [2.05, 4.69) is 10.6 Å². The molecule has 0 atom stereocenters. The Morgan fingerprint density at radius 3 is 2.28 bits per heavy atom. The predicted octanol–water partition coefficient (Wildman–Crippen LogP) is 3.53. The van der Waals surface area contributed by atoms with Crippen LogP contribution in [-0.2, 0) is 9.59 Å². The van der Waals surface area contributed by atoms with Gasteiger partial charge in [-0.2, -0.15) is 5.26 Å². The molecule has 5 heteroatoms. The third kappa shape index (κ3) is 3.24. The van der Waals surface area contributed by atoms with Gasteiger partial charge in [0.25, 0.3) is 0 Å². The van der Waals surface area contributed by atoms with E-state index in [0.717, 1.165) is 16.8 Å². The maximum absolute atomic E-state index is 12.7. The molecular weight excluding hydrogens is 314 g/mol. The molecule has 0 aliphatic heterocycles. The number of carbonyl (C=O) groups is 2. The van der Waals surface area contributed by atoms with Gasteiger partial charge in [-0.05, 0) is 56.0 Å². The molecule has 1 aliphatic carbocycles. The van der Waals surface area contributed by atoms with Crippen molar-refractivity contribution in [2.75, 3.05) is 10.6 Å². The van der Waals surface area contributed by atoms with E-state index in [0.29, 0.717) is 24.1 Å². The first-order valence-corrected chi connectivity index (χ1v) is 8.15. The Kier molecular flexibility index (Phi) is 4.28. The molecule has 0 bridgehead atoms. The summed E-state index contributed by atoms with van der Waals surface area (Å²) in [6.07, 6.45) is 1.01. The number of nitrogens with one attached hydrogen (secondary N) is 2. The zero-order valence-corrected chi connectivity index (χ0v) is 14.2. The van der Waals surface area contributed by atoms with Gasteiger partial charge >= 0.3 is 0 Å². The lowest BCUT2D eigenvalue weighted by atomic mass is 10.0. The predicted molar refractivity (Wildman–Crippen MR) is 96.0 cm³/mol. The number of benzene rings is 2. The maximum atomic E-state index is 12.7. The van der Waals surface area contributed by atoms with E-state index in [9.17, 15) is 9.59 Å². The fourth-order valence-corrected chi connectivity index (χ4v) is 2.73. The highest BCUT2D eigenvalue weighted by molar-refractivity contribution is 6.17. The second kappa shape index (κ2) is 6.40. The van der Waals surface area contributed by atoms with Crippen molar-refractivity contribution in [1.82, 2.24) is 0 Å². The summed E-state index contributed by atoms with van der Waals surface area (Å²) in [5.74, 6) is -0.661. The van der Waals surface area contributed by atoms with Crippen molar-refractivity contribution in [3.05, 3.63) is 59.2 Å². The Balaban J connectivity index is 1.77. The summed E-state index contributed by atoms with van der Waals surface area (Å²) in [6.45, 7) is 3.87. The van der Waals surface area contributed by atoms with Crippen LogP contribution < -0.4 is 10.6 Å². The molecule has 2 aromatic rings. The first kappa shape index (κ1) is 16.7. The first-order chi connectivity index (χ1) is 12.0. The number of nitrogens with zero attached hydrogens (tertiary/aromatic N) is 1. The van der Waals surface area contributed by atoms with Crippen LogP contribution in [0.2, 0.25) is 0 Å². The van der Waals surface area contributed by atoms with Crippen LogP contribution in [0.15, 0.2) is 42.5 Å². The minimum atomic E-state index is -1.06. The number of hydrogen-bond donors (Lipinski definition) is 2. The van der Waals surface area contributed by atoms with Crippen molar-refractivity contribution in [2.45, 2.75) is 26.7 Å². The standard InChI is InChI=1S/C20H19N3O2/c1-13-7-8-14(2)17(11-13)23-19(25)20(9-10-20)18(24)22-16-6-4-3-5-15(16)12-21/h3-8,11H,9-10H2,1-2H3,(H,22,24)(H,23,25). The Hall–Kier alpha value is -3.13. The van der Waals surface area contributed by atoms with Gasteiger partial charge in [0.05, 0.1) is 11.3 Å². The Labute approximate surface area is 146 Å². The third-order valence-electron chi connectivity index (χ3n) is 4.56. The molecule has 0 saturated heterocycles. The molecule has 0 unspecified atom stereocenters. The van der Waals surface area contributed by atoms with Gasteiger partial charge in [-0.1, -0.05) is 24.3 Å². The van der Waals surface area contributed by atoms with Crippen molar-refractivity contribution in [1.29, 1.82) is 5.26 Å². The Morgan fingerprint density at radius 2 is 1.64 bits per heavy atom. The highest BCUT2D eigenvalue weighted by atomic mass is 16.2. The smallest absolute Gasteiger partial charge is 0.240 e. The molecule has 1 aliphatic rings. The average Bonchev–Trinajstić information content (AvgIpc) is 3.40. The number of hydrogen-bond acceptors (Lipinski definition) is 3. The van der Waals surface area contributed by atoms with Gasteiger partial charge in [0.15, 0.2) is 0 Å². The van der Waals surface area contributed by atoms with Crippen molar-refractivity contribution in [2.24, 2.45) is 5.41 Å². The molecule has 126 valence electrons. The number of amides is 2. The zero-order chi connectivity index (χ0) is 18.0. The second-order valence-corrected chi connectivity index (χ2v) is 6.47. The van der Waals surface area contributed by atoms with E-state index >= 15 is 0 Å². The van der Waals surface area contributed by atoms with E-state index in [4.69, 9.17) is 5.26 Å². The molecule has 0 aromatic heterocycles. The number of rotatable bonds is 4. The molecule has 0 heterocycles. The van der Waals surface area contributed by atoms with Crippen LogP contribution in [0, 0.1) is 30.6 Å². The lowest BCUT2D eigenvalue weighted by Crippen LogP contribution is -2.36. The topological polar surface area (TPSA) is 82.0 Å². The van der Waals surface area contributed by atoms with Crippen molar-refractivity contribution in [3.63, 3.8) is 0 Å². The SMILES string of the molecule is Cc1ccc(C)c(NC(=O)C2(C(=O)Nc3ccccc3C#N)CC2)c1. The van der Waals surface area contributed by atoms with Gasteiger partial charge in [-0.15, -0.1) is 0 Å². The normalized spacial score (nSPS) is 14.3. The summed E-state index contributed by atoms with van der Waals surface area (Å²) in [6, 6.07) is 14.6. The van der Waals surface area contributed by atoms with Crippen LogP contribution in [0.25, 0.3) is 0 Å². The van der Waals surface area contributed by atoms with Crippen LogP contribution in [0.1, 0.15) is 29.5 Å². The Bertz CT molecular complexity index is 892. The molecule has 3 rings (SSSR count). The van der Waals surface area contributed by atoms with Crippen LogP contribution in [0.5, 0.6) is 0 Å². The van der Waals surface area contributed by atoms with Crippen molar-refractivity contribution in [3.8, 4) is 6.07 Å². The summed E-state index contributed by atoms with van der Waals surface area (Å²) < 4.78 is 0. The second-order valence-electron chi connectivity index (χ2n) is 6.47. The number of carbonyl (C=O) groups excluding carboxylic acids is 2. The van der Waals surface area contributed by atoms with Gasteiger partial charge in [-0.3, -0.25) is 9.59 Å². The lowest BCUT2D eigenvalue weighted by molar-refractivity contribution is -0.131. The van der Waals surface area contributed by atoms with Crippen molar-refractivity contribution >= 4 is 23.2 Å². The molecule has 25 heavy (non-hydrogen) atoms. The molecule has 1 fully saturated rings. The van der Waals surface area contributed by atoms with E-state index in [1.807, 2.05) is 38.1 Å². The van der Waals surface area contributed by atoms with E-state index in [1.54, 1.807) is 24.3 Å².